The van der Waals surface area contributed by atoms with Gasteiger partial charge in [-0.15, -0.1) is 0 Å². The van der Waals surface area contributed by atoms with E-state index in [1.165, 1.54) is 19.2 Å². The number of carbonyl (C=O) groups is 2. The van der Waals surface area contributed by atoms with E-state index < -0.39 is 5.97 Å². The van der Waals surface area contributed by atoms with E-state index in [1.54, 1.807) is 6.92 Å². The fraction of sp³-hybridized carbons (Fsp3) is 0.273. The third-order valence-electron chi connectivity index (χ3n) is 2.21. The standard InChI is InChI=1S/C11H15N3O3/c1-3-9(15)14-10-7(12)4-6(5-8(10)13)11(16)17-2/h4-5H,3,12-13H2,1-2H3,(H,14,15). The first kappa shape index (κ1) is 12.8. The number of nitrogens with one attached hydrogen (secondary N) is 1. The summed E-state index contributed by atoms with van der Waals surface area (Å²) in [6, 6.07) is 2.82. The highest BCUT2D eigenvalue weighted by atomic mass is 16.5. The van der Waals surface area contributed by atoms with Crippen LogP contribution in [0.4, 0.5) is 17.1 Å². The number of amides is 1. The van der Waals surface area contributed by atoms with E-state index in [9.17, 15) is 9.59 Å². The van der Waals surface area contributed by atoms with Crippen molar-refractivity contribution in [3.8, 4) is 0 Å². The quantitative estimate of drug-likeness (QED) is 0.536. The Balaban J connectivity index is 3.10. The van der Waals surface area contributed by atoms with Crippen molar-refractivity contribution in [3.05, 3.63) is 17.7 Å². The Kier molecular flexibility index (Phi) is 3.92. The Hall–Kier alpha value is -2.24. The minimum atomic E-state index is -0.531. The third kappa shape index (κ3) is 2.87. The topological polar surface area (TPSA) is 107 Å². The molecular weight excluding hydrogens is 222 g/mol. The summed E-state index contributed by atoms with van der Waals surface area (Å²) in [5.41, 5.74) is 12.5. The summed E-state index contributed by atoms with van der Waals surface area (Å²) in [6.07, 6.45) is 0.317. The molecule has 6 nitrogen and oxygen atoms in total. The highest BCUT2D eigenvalue weighted by Crippen LogP contribution is 2.28. The maximum absolute atomic E-state index is 11.3. The molecule has 1 aromatic carbocycles. The lowest BCUT2D eigenvalue weighted by atomic mass is 10.1. The number of hydrogen-bond acceptors (Lipinski definition) is 5. The highest BCUT2D eigenvalue weighted by Gasteiger charge is 2.13. The molecule has 1 amide bonds. The predicted molar refractivity (Wildman–Crippen MR) is 65.5 cm³/mol. The zero-order valence-electron chi connectivity index (χ0n) is 9.74. The lowest BCUT2D eigenvalue weighted by Gasteiger charge is -2.12. The summed E-state index contributed by atoms with van der Waals surface area (Å²) >= 11 is 0. The van der Waals surface area contributed by atoms with E-state index >= 15 is 0 Å². The molecule has 0 aromatic heterocycles. The van der Waals surface area contributed by atoms with Gasteiger partial charge in [-0.1, -0.05) is 6.92 Å². The summed E-state index contributed by atoms with van der Waals surface area (Å²) in [7, 11) is 1.27. The normalized spacial score (nSPS) is 9.76. The van der Waals surface area contributed by atoms with Crippen LogP contribution in [0.3, 0.4) is 0 Å². The zero-order chi connectivity index (χ0) is 13.0. The SMILES string of the molecule is CCC(=O)Nc1c(N)cc(C(=O)OC)cc1N. The molecule has 17 heavy (non-hydrogen) atoms. The number of ether oxygens (including phenoxy) is 1. The Labute approximate surface area is 98.9 Å². The predicted octanol–water partition coefficient (Wildman–Crippen LogP) is 0.986. The van der Waals surface area contributed by atoms with Crippen molar-refractivity contribution >= 4 is 28.9 Å². The van der Waals surface area contributed by atoms with Crippen molar-refractivity contribution in [1.82, 2.24) is 0 Å². The molecule has 0 saturated carbocycles. The number of benzene rings is 1. The zero-order valence-corrected chi connectivity index (χ0v) is 9.74. The molecule has 0 bridgehead atoms. The van der Waals surface area contributed by atoms with Crippen LogP contribution in [0.1, 0.15) is 23.7 Å². The molecule has 92 valence electrons. The molecular formula is C11H15N3O3. The largest absolute Gasteiger partial charge is 0.465 e. The Bertz CT molecular complexity index is 434. The highest BCUT2D eigenvalue weighted by molar-refractivity contribution is 6.01. The lowest BCUT2D eigenvalue weighted by molar-refractivity contribution is -0.115. The average Bonchev–Trinajstić information content (AvgIpc) is 2.32. The number of anilines is 3. The molecule has 6 heteroatoms. The first-order chi connectivity index (χ1) is 7.99. The van der Waals surface area contributed by atoms with Crippen LogP contribution in [0.5, 0.6) is 0 Å². The van der Waals surface area contributed by atoms with E-state index in [2.05, 4.69) is 10.1 Å². The summed E-state index contributed by atoms with van der Waals surface area (Å²) in [6.45, 7) is 1.71. The second-order valence-electron chi connectivity index (χ2n) is 3.42. The molecule has 1 rings (SSSR count). The molecule has 0 aliphatic rings. The molecule has 0 radical (unpaired) electrons. The van der Waals surface area contributed by atoms with E-state index in [0.717, 1.165) is 0 Å². The number of rotatable bonds is 3. The monoisotopic (exact) mass is 237 g/mol. The molecule has 0 atom stereocenters. The first-order valence-electron chi connectivity index (χ1n) is 5.06. The van der Waals surface area contributed by atoms with Crippen LogP contribution in [-0.2, 0) is 9.53 Å². The van der Waals surface area contributed by atoms with Crippen molar-refractivity contribution in [2.24, 2.45) is 0 Å². The molecule has 0 saturated heterocycles. The van der Waals surface area contributed by atoms with Gasteiger partial charge in [-0.05, 0) is 12.1 Å². The van der Waals surface area contributed by atoms with Crippen molar-refractivity contribution in [2.75, 3.05) is 23.9 Å². The van der Waals surface area contributed by atoms with Crippen molar-refractivity contribution < 1.29 is 14.3 Å². The van der Waals surface area contributed by atoms with Gasteiger partial charge in [-0.2, -0.15) is 0 Å². The summed E-state index contributed by atoms with van der Waals surface area (Å²) in [5, 5.41) is 2.57. The fourth-order valence-electron chi connectivity index (χ4n) is 1.30. The lowest BCUT2D eigenvalue weighted by Crippen LogP contribution is -2.14. The van der Waals surface area contributed by atoms with Gasteiger partial charge in [0.25, 0.3) is 0 Å². The van der Waals surface area contributed by atoms with Crippen LogP contribution >= 0.6 is 0 Å². The smallest absolute Gasteiger partial charge is 0.338 e. The Morgan fingerprint density at radius 1 is 1.29 bits per heavy atom. The van der Waals surface area contributed by atoms with Crippen LogP contribution in [-0.4, -0.2) is 19.0 Å². The van der Waals surface area contributed by atoms with Gasteiger partial charge in [0.1, 0.15) is 0 Å². The van der Waals surface area contributed by atoms with Gasteiger partial charge < -0.3 is 21.5 Å². The average molecular weight is 237 g/mol. The molecule has 0 aliphatic carbocycles. The molecule has 0 spiro atoms. The van der Waals surface area contributed by atoms with Gasteiger partial charge >= 0.3 is 5.97 Å². The second kappa shape index (κ2) is 5.20. The van der Waals surface area contributed by atoms with Gasteiger partial charge in [-0.25, -0.2) is 4.79 Å². The molecule has 0 heterocycles. The third-order valence-corrected chi connectivity index (χ3v) is 2.21. The molecule has 0 aliphatic heterocycles. The molecule has 1 aromatic rings. The number of carbonyl (C=O) groups excluding carboxylic acids is 2. The van der Waals surface area contributed by atoms with Crippen LogP contribution < -0.4 is 16.8 Å². The Morgan fingerprint density at radius 2 is 1.82 bits per heavy atom. The number of hydrogen-bond donors (Lipinski definition) is 3. The first-order valence-corrected chi connectivity index (χ1v) is 5.06. The van der Waals surface area contributed by atoms with Crippen molar-refractivity contribution in [1.29, 1.82) is 0 Å². The molecule has 5 N–H and O–H groups in total. The van der Waals surface area contributed by atoms with Crippen LogP contribution in [0.2, 0.25) is 0 Å². The van der Waals surface area contributed by atoms with Crippen molar-refractivity contribution in [3.63, 3.8) is 0 Å². The molecule has 0 unspecified atom stereocenters. The number of nitrogens with two attached hydrogens (primary N) is 2. The number of methoxy groups -OCH3 is 1. The van der Waals surface area contributed by atoms with Gasteiger partial charge in [0.15, 0.2) is 0 Å². The van der Waals surface area contributed by atoms with Gasteiger partial charge in [0.05, 0.1) is 29.7 Å². The number of nitrogen functional groups attached to an aromatic ring is 2. The van der Waals surface area contributed by atoms with E-state index in [0.29, 0.717) is 12.1 Å². The van der Waals surface area contributed by atoms with Gasteiger partial charge in [-0.3, -0.25) is 4.79 Å². The summed E-state index contributed by atoms with van der Waals surface area (Å²) in [4.78, 5) is 22.5. The minimum Gasteiger partial charge on any atom is -0.465 e. The van der Waals surface area contributed by atoms with Crippen molar-refractivity contribution in [2.45, 2.75) is 13.3 Å². The van der Waals surface area contributed by atoms with Crippen LogP contribution in [0.15, 0.2) is 12.1 Å². The van der Waals surface area contributed by atoms with E-state index in [4.69, 9.17) is 11.5 Å². The summed E-state index contributed by atoms with van der Waals surface area (Å²) in [5.74, 6) is -0.731. The summed E-state index contributed by atoms with van der Waals surface area (Å²) < 4.78 is 4.55. The van der Waals surface area contributed by atoms with Gasteiger partial charge in [0.2, 0.25) is 5.91 Å². The Morgan fingerprint density at radius 3 is 2.24 bits per heavy atom. The maximum atomic E-state index is 11.3. The fourth-order valence-corrected chi connectivity index (χ4v) is 1.30. The van der Waals surface area contributed by atoms with E-state index in [1.807, 2.05) is 0 Å². The van der Waals surface area contributed by atoms with Crippen LogP contribution in [0, 0.1) is 0 Å². The van der Waals surface area contributed by atoms with Gasteiger partial charge in [0, 0.05) is 6.42 Å². The van der Waals surface area contributed by atoms with E-state index in [-0.39, 0.29) is 22.8 Å². The maximum Gasteiger partial charge on any atom is 0.338 e. The minimum absolute atomic E-state index is 0.200. The number of esters is 1. The van der Waals surface area contributed by atoms with Crippen LogP contribution in [0.25, 0.3) is 0 Å². The molecule has 0 fully saturated rings. The second-order valence-corrected chi connectivity index (χ2v) is 3.42.